The topological polar surface area (TPSA) is 12.0 Å². The van der Waals surface area contributed by atoms with Crippen LogP contribution in [0.1, 0.15) is 13.8 Å². The van der Waals surface area contributed by atoms with E-state index >= 15 is 0 Å². The van der Waals surface area contributed by atoms with Crippen LogP contribution in [0.15, 0.2) is 12.3 Å². The van der Waals surface area contributed by atoms with Crippen LogP contribution in [0.3, 0.4) is 0 Å². The summed E-state index contributed by atoms with van der Waals surface area (Å²) in [5, 5.41) is 2.89. The molecule has 0 fully saturated rings. The fraction of sp³-hybridized carbons (Fsp3) is 0.400. The second kappa shape index (κ2) is 4.54. The van der Waals surface area contributed by atoms with E-state index in [0.717, 1.165) is 0 Å². The lowest BCUT2D eigenvalue weighted by molar-refractivity contribution is 1.05. The molecule has 0 aliphatic heterocycles. The highest BCUT2D eigenvalue weighted by atomic mass is 14.8. The molecule has 1 radical (unpaired) electrons. The van der Waals surface area contributed by atoms with Gasteiger partial charge >= 0.3 is 0 Å². The Hall–Kier alpha value is -0.460. The van der Waals surface area contributed by atoms with Gasteiger partial charge in [0.25, 0.3) is 0 Å². The second-order valence-electron chi connectivity index (χ2n) is 0.955. The maximum atomic E-state index is 2.89. The lowest BCUT2D eigenvalue weighted by atomic mass is 10.6. The summed E-state index contributed by atoms with van der Waals surface area (Å²) in [5.74, 6) is 0. The van der Waals surface area contributed by atoms with Crippen molar-refractivity contribution in [3.05, 3.63) is 18.8 Å². The molecule has 1 N–H and O–H groups in total. The van der Waals surface area contributed by atoms with E-state index in [2.05, 4.69) is 5.32 Å². The first-order chi connectivity index (χ1) is 2.91. The van der Waals surface area contributed by atoms with Crippen LogP contribution in [0.5, 0.6) is 0 Å². The van der Waals surface area contributed by atoms with Crippen molar-refractivity contribution in [3.8, 4) is 0 Å². The van der Waals surface area contributed by atoms with Gasteiger partial charge in [0.1, 0.15) is 0 Å². The van der Waals surface area contributed by atoms with Gasteiger partial charge in [-0.1, -0.05) is 6.08 Å². The van der Waals surface area contributed by atoms with Crippen molar-refractivity contribution in [1.82, 2.24) is 5.32 Å². The molecule has 0 spiro atoms. The molecule has 1 heteroatoms. The van der Waals surface area contributed by atoms with E-state index in [1.165, 1.54) is 0 Å². The van der Waals surface area contributed by atoms with Gasteiger partial charge in [0, 0.05) is 6.54 Å². The molecule has 1 nitrogen and oxygen atoms in total. The highest BCUT2D eigenvalue weighted by molar-refractivity contribution is 4.75. The zero-order valence-corrected chi connectivity index (χ0v) is 4.23. The summed E-state index contributed by atoms with van der Waals surface area (Å²) in [6.45, 7) is 5.79. The van der Waals surface area contributed by atoms with Crippen molar-refractivity contribution >= 4 is 0 Å². The van der Waals surface area contributed by atoms with Crippen molar-refractivity contribution in [2.75, 3.05) is 0 Å². The number of allylic oxidation sites excluding steroid dienone is 1. The van der Waals surface area contributed by atoms with Crippen LogP contribution in [-0.4, -0.2) is 0 Å². The van der Waals surface area contributed by atoms with Crippen LogP contribution in [0.25, 0.3) is 0 Å². The van der Waals surface area contributed by atoms with Crippen molar-refractivity contribution in [2.45, 2.75) is 13.8 Å². The molecular weight excluding hydrogens is 74.1 g/mol. The second-order valence-corrected chi connectivity index (χ2v) is 0.955. The molecule has 0 heterocycles. The third-order valence-electron chi connectivity index (χ3n) is 0.430. The van der Waals surface area contributed by atoms with E-state index in [-0.39, 0.29) is 0 Å². The molecule has 0 saturated heterocycles. The fourth-order valence-corrected chi connectivity index (χ4v) is 0.192. The molecule has 0 bridgehead atoms. The Morgan fingerprint density at radius 2 is 2.00 bits per heavy atom. The molecular formula is C5H10N. The summed E-state index contributed by atoms with van der Waals surface area (Å²) >= 11 is 0. The first-order valence-corrected chi connectivity index (χ1v) is 2.07. The van der Waals surface area contributed by atoms with Crippen molar-refractivity contribution in [3.63, 3.8) is 0 Å². The highest BCUT2D eigenvalue weighted by Crippen LogP contribution is 1.63. The van der Waals surface area contributed by atoms with Crippen molar-refractivity contribution in [2.24, 2.45) is 0 Å². The molecule has 0 amide bonds. The Balaban J connectivity index is 2.66. The van der Waals surface area contributed by atoms with E-state index < -0.39 is 0 Å². The normalized spacial score (nSPS) is 9.67. The Labute approximate surface area is 39.1 Å². The average molecular weight is 84.1 g/mol. The van der Waals surface area contributed by atoms with E-state index in [9.17, 15) is 0 Å². The number of hydrogen-bond acceptors (Lipinski definition) is 1. The minimum absolute atomic E-state index is 1.88. The summed E-state index contributed by atoms with van der Waals surface area (Å²) in [5.41, 5.74) is 0. The Morgan fingerprint density at radius 3 is 2.17 bits per heavy atom. The van der Waals surface area contributed by atoms with Crippen LogP contribution < -0.4 is 5.32 Å². The minimum Gasteiger partial charge on any atom is -0.387 e. The third-order valence-corrected chi connectivity index (χ3v) is 0.430. The van der Waals surface area contributed by atoms with Gasteiger partial charge < -0.3 is 5.32 Å². The summed E-state index contributed by atoms with van der Waals surface area (Å²) in [6.07, 6.45) is 3.82. The predicted octanol–water partition coefficient (Wildman–Crippen LogP) is 1.29. The van der Waals surface area contributed by atoms with Gasteiger partial charge in [-0.15, -0.1) is 0 Å². The highest BCUT2D eigenvalue weighted by Gasteiger charge is 1.59. The van der Waals surface area contributed by atoms with Gasteiger partial charge in [-0.25, -0.2) is 0 Å². The van der Waals surface area contributed by atoms with Crippen LogP contribution >= 0.6 is 0 Å². The Bertz CT molecular complexity index is 39.2. The Kier molecular flexibility index (Phi) is 4.19. The summed E-state index contributed by atoms with van der Waals surface area (Å²) < 4.78 is 0. The van der Waals surface area contributed by atoms with Crippen LogP contribution in [0.2, 0.25) is 0 Å². The fourth-order valence-electron chi connectivity index (χ4n) is 0.192. The van der Waals surface area contributed by atoms with Gasteiger partial charge in [0.15, 0.2) is 0 Å². The van der Waals surface area contributed by atoms with Gasteiger partial charge in [-0.05, 0) is 20.0 Å². The lowest BCUT2D eigenvalue weighted by Crippen LogP contribution is -1.93. The molecule has 0 saturated carbocycles. The van der Waals surface area contributed by atoms with Crippen LogP contribution in [0.4, 0.5) is 0 Å². The molecule has 0 aromatic heterocycles. The minimum atomic E-state index is 1.88. The summed E-state index contributed by atoms with van der Waals surface area (Å²) in [4.78, 5) is 0. The number of nitrogens with one attached hydrogen (secondary N) is 1. The van der Waals surface area contributed by atoms with Gasteiger partial charge in [0.05, 0.1) is 0 Å². The zero-order chi connectivity index (χ0) is 4.83. The molecule has 0 aromatic carbocycles. The lowest BCUT2D eigenvalue weighted by Gasteiger charge is -1.84. The molecule has 0 aromatic rings. The number of rotatable bonds is 2. The van der Waals surface area contributed by atoms with Crippen LogP contribution in [0, 0.1) is 6.54 Å². The maximum absolute atomic E-state index is 2.89. The van der Waals surface area contributed by atoms with Gasteiger partial charge in [-0.3, -0.25) is 0 Å². The van der Waals surface area contributed by atoms with E-state index in [4.69, 9.17) is 0 Å². The van der Waals surface area contributed by atoms with E-state index in [1.807, 2.05) is 32.7 Å². The molecule has 6 heavy (non-hydrogen) atoms. The zero-order valence-electron chi connectivity index (χ0n) is 4.23. The molecule has 0 rings (SSSR count). The van der Waals surface area contributed by atoms with Crippen molar-refractivity contribution in [1.29, 1.82) is 0 Å². The SMILES string of the molecule is C[CH]N/C=C\C. The first kappa shape index (κ1) is 5.54. The van der Waals surface area contributed by atoms with Crippen molar-refractivity contribution < 1.29 is 0 Å². The summed E-state index contributed by atoms with van der Waals surface area (Å²) in [6, 6.07) is 0. The first-order valence-electron chi connectivity index (χ1n) is 2.07. The van der Waals surface area contributed by atoms with Crippen LogP contribution in [-0.2, 0) is 0 Å². The summed E-state index contributed by atoms with van der Waals surface area (Å²) in [7, 11) is 0. The van der Waals surface area contributed by atoms with Gasteiger partial charge in [-0.2, -0.15) is 0 Å². The molecule has 0 aliphatic rings. The standard InChI is InChI=1S/C5H10N/c1-3-5-6-4-2/h3-6H,1-2H3/b5-3-. The molecule has 0 aliphatic carbocycles. The molecule has 0 unspecified atom stereocenters. The van der Waals surface area contributed by atoms with Gasteiger partial charge in [0.2, 0.25) is 0 Å². The van der Waals surface area contributed by atoms with E-state index in [1.54, 1.807) is 0 Å². The monoisotopic (exact) mass is 84.1 g/mol. The maximum Gasteiger partial charge on any atom is 0.0426 e. The third kappa shape index (κ3) is 3.54. The predicted molar refractivity (Wildman–Crippen MR) is 27.9 cm³/mol. The Morgan fingerprint density at radius 1 is 1.33 bits per heavy atom. The quantitative estimate of drug-likeness (QED) is 0.531. The average Bonchev–Trinajstić information content (AvgIpc) is 1.61. The smallest absolute Gasteiger partial charge is 0.0426 e. The number of hydrogen-bond donors (Lipinski definition) is 1. The molecule has 35 valence electrons. The molecule has 0 atom stereocenters. The van der Waals surface area contributed by atoms with E-state index in [0.29, 0.717) is 0 Å². The largest absolute Gasteiger partial charge is 0.387 e.